The normalized spacial score (nSPS) is 13.6. The van der Waals surface area contributed by atoms with Gasteiger partial charge in [0.15, 0.2) is 0 Å². The van der Waals surface area contributed by atoms with Crippen molar-refractivity contribution in [1.82, 2.24) is 14.9 Å². The van der Waals surface area contributed by atoms with Crippen LogP contribution in [0.15, 0.2) is 42.5 Å². The van der Waals surface area contributed by atoms with Crippen LogP contribution in [0.1, 0.15) is 19.7 Å². The van der Waals surface area contributed by atoms with Crippen molar-refractivity contribution < 1.29 is 8.78 Å². The van der Waals surface area contributed by atoms with Crippen molar-refractivity contribution in [2.24, 2.45) is 0 Å². The number of nitrogens with one attached hydrogen (secondary N) is 1. The van der Waals surface area contributed by atoms with E-state index in [0.717, 1.165) is 36.0 Å². The van der Waals surface area contributed by atoms with Crippen LogP contribution in [0.2, 0.25) is 5.02 Å². The summed E-state index contributed by atoms with van der Waals surface area (Å²) in [5, 5.41) is 3.42. The molecule has 0 radical (unpaired) electrons. The van der Waals surface area contributed by atoms with Crippen LogP contribution in [-0.2, 0) is 13.1 Å². The summed E-state index contributed by atoms with van der Waals surface area (Å²) in [4.78, 5) is 6.89. The molecular weight excluding hydrogens is 382 g/mol. The van der Waals surface area contributed by atoms with Gasteiger partial charge in [0.05, 0.1) is 11.6 Å². The molecule has 1 aliphatic heterocycles. The second kappa shape index (κ2) is 7.53. The Bertz CT molecular complexity index is 998. The zero-order valence-electron chi connectivity index (χ0n) is 15.7. The van der Waals surface area contributed by atoms with Gasteiger partial charge in [0.25, 0.3) is 0 Å². The van der Waals surface area contributed by atoms with E-state index in [-0.39, 0.29) is 16.9 Å². The Morgan fingerprint density at radius 1 is 1.14 bits per heavy atom. The number of nitrogens with zero attached hydrogens (tertiary/aromatic N) is 3. The lowest BCUT2D eigenvalue weighted by Gasteiger charge is -2.32. The van der Waals surface area contributed by atoms with Crippen LogP contribution in [0, 0.1) is 11.6 Å². The van der Waals surface area contributed by atoms with Gasteiger partial charge in [0.2, 0.25) is 0 Å². The minimum absolute atomic E-state index is 0.0375. The molecule has 28 heavy (non-hydrogen) atoms. The van der Waals surface area contributed by atoms with Crippen LogP contribution >= 0.6 is 11.6 Å². The minimum atomic E-state index is -0.465. The number of benzene rings is 2. The Balaban J connectivity index is 1.93. The summed E-state index contributed by atoms with van der Waals surface area (Å²) in [5.74, 6) is 1.02. The molecule has 1 aromatic heterocycles. The van der Waals surface area contributed by atoms with E-state index in [4.69, 9.17) is 16.6 Å². The molecule has 4 nitrogen and oxygen atoms in total. The van der Waals surface area contributed by atoms with Crippen LogP contribution in [0.25, 0.3) is 11.3 Å². The zero-order chi connectivity index (χ0) is 19.8. The summed E-state index contributed by atoms with van der Waals surface area (Å²) in [6, 6.07) is 11.2. The summed E-state index contributed by atoms with van der Waals surface area (Å²) >= 11 is 5.89. The van der Waals surface area contributed by atoms with Crippen molar-refractivity contribution in [2.75, 3.05) is 11.4 Å². The third kappa shape index (κ3) is 3.38. The van der Waals surface area contributed by atoms with Gasteiger partial charge in [0, 0.05) is 30.4 Å². The summed E-state index contributed by atoms with van der Waals surface area (Å²) < 4.78 is 29.8. The van der Waals surface area contributed by atoms with E-state index < -0.39 is 5.82 Å². The lowest BCUT2D eigenvalue weighted by Crippen LogP contribution is -2.33. The Morgan fingerprint density at radius 2 is 1.89 bits per heavy atom. The van der Waals surface area contributed by atoms with Gasteiger partial charge in [0.1, 0.15) is 29.0 Å². The fraction of sp³-hybridized carbons (Fsp3) is 0.286. The van der Waals surface area contributed by atoms with E-state index >= 15 is 0 Å². The Kier molecular flexibility index (Phi) is 5.08. The van der Waals surface area contributed by atoms with Gasteiger partial charge >= 0.3 is 0 Å². The second-order valence-corrected chi connectivity index (χ2v) is 7.50. The number of imidazole rings is 1. The topological polar surface area (TPSA) is 33.1 Å². The first-order chi connectivity index (χ1) is 13.5. The molecule has 0 unspecified atom stereocenters. The summed E-state index contributed by atoms with van der Waals surface area (Å²) in [6.45, 7) is 6.30. The second-order valence-electron chi connectivity index (χ2n) is 7.10. The fourth-order valence-corrected chi connectivity index (χ4v) is 3.71. The van der Waals surface area contributed by atoms with E-state index in [2.05, 4.69) is 14.8 Å². The third-order valence-electron chi connectivity index (χ3n) is 4.86. The molecule has 1 N–H and O–H groups in total. The minimum Gasteiger partial charge on any atom is -0.323 e. The number of rotatable bonds is 4. The highest BCUT2D eigenvalue weighted by molar-refractivity contribution is 6.30. The highest BCUT2D eigenvalue weighted by atomic mass is 35.5. The molecule has 4 rings (SSSR count). The Labute approximate surface area is 167 Å². The smallest absolute Gasteiger partial charge is 0.143 e. The molecular formula is C21H21ClF2N4. The van der Waals surface area contributed by atoms with Gasteiger partial charge in [-0.3, -0.25) is 0 Å². The first-order valence-electron chi connectivity index (χ1n) is 9.26. The molecule has 0 aliphatic carbocycles. The van der Waals surface area contributed by atoms with E-state index in [1.165, 1.54) is 18.2 Å². The van der Waals surface area contributed by atoms with Gasteiger partial charge in [-0.1, -0.05) is 11.6 Å². The highest BCUT2D eigenvalue weighted by Crippen LogP contribution is 2.39. The molecule has 2 aromatic carbocycles. The van der Waals surface area contributed by atoms with E-state index in [0.29, 0.717) is 12.2 Å². The lowest BCUT2D eigenvalue weighted by atomic mass is 10.1. The molecule has 2 heterocycles. The van der Waals surface area contributed by atoms with E-state index in [9.17, 15) is 8.78 Å². The Morgan fingerprint density at radius 3 is 2.57 bits per heavy atom. The van der Waals surface area contributed by atoms with Crippen LogP contribution < -0.4 is 10.2 Å². The van der Waals surface area contributed by atoms with Gasteiger partial charge in [-0.25, -0.2) is 13.8 Å². The summed E-state index contributed by atoms with van der Waals surface area (Å²) in [6.07, 6.45) is 0. The molecule has 146 valence electrons. The van der Waals surface area contributed by atoms with Gasteiger partial charge in [-0.15, -0.1) is 0 Å². The van der Waals surface area contributed by atoms with Gasteiger partial charge in [-0.2, -0.15) is 0 Å². The molecule has 3 aromatic rings. The predicted molar refractivity (Wildman–Crippen MR) is 108 cm³/mol. The number of anilines is 2. The van der Waals surface area contributed by atoms with Crippen molar-refractivity contribution in [3.8, 4) is 11.3 Å². The molecule has 0 atom stereocenters. The van der Waals surface area contributed by atoms with Gasteiger partial charge < -0.3 is 14.8 Å². The van der Waals surface area contributed by atoms with Crippen LogP contribution in [0.4, 0.5) is 20.3 Å². The van der Waals surface area contributed by atoms with Crippen molar-refractivity contribution in [1.29, 1.82) is 0 Å². The zero-order valence-corrected chi connectivity index (χ0v) is 16.5. The predicted octanol–water partition coefficient (Wildman–Crippen LogP) is 5.13. The number of aromatic nitrogens is 2. The Hall–Kier alpha value is -2.44. The van der Waals surface area contributed by atoms with Crippen LogP contribution in [0.5, 0.6) is 0 Å². The third-order valence-corrected chi connectivity index (χ3v) is 5.17. The monoisotopic (exact) mass is 402 g/mol. The van der Waals surface area contributed by atoms with Crippen LogP contribution in [-0.4, -0.2) is 22.1 Å². The number of hydrogen-bond donors (Lipinski definition) is 1. The molecule has 0 saturated heterocycles. The molecule has 0 saturated carbocycles. The number of hydrogen-bond acceptors (Lipinski definition) is 3. The standard InChI is InChI=1S/C21H21ClF2N4/c1-13(2)28(16-7-8-17(22)18(24)11-16)21-20(14-3-5-15(23)6-4-14)26-19-12-25-9-10-27(19)21/h3-8,11,13,25H,9-10,12H2,1-2H3. The molecule has 0 fully saturated rings. The average molecular weight is 403 g/mol. The summed E-state index contributed by atoms with van der Waals surface area (Å²) in [7, 11) is 0. The maximum absolute atomic E-state index is 14.2. The molecule has 0 amide bonds. The first kappa shape index (κ1) is 18.9. The average Bonchev–Trinajstić information content (AvgIpc) is 3.04. The fourth-order valence-electron chi connectivity index (χ4n) is 3.60. The van der Waals surface area contributed by atoms with Gasteiger partial charge in [-0.05, 0) is 56.3 Å². The molecule has 0 spiro atoms. The van der Waals surface area contributed by atoms with Crippen LogP contribution in [0.3, 0.4) is 0 Å². The lowest BCUT2D eigenvalue weighted by molar-refractivity contribution is 0.503. The maximum atomic E-state index is 14.2. The van der Waals surface area contributed by atoms with E-state index in [1.54, 1.807) is 24.3 Å². The molecule has 0 bridgehead atoms. The quantitative estimate of drug-likeness (QED) is 0.656. The SMILES string of the molecule is CC(C)N(c1ccc(Cl)c(F)c1)c1c(-c2ccc(F)cc2)nc2n1CCNC2. The van der Waals surface area contributed by atoms with Crippen molar-refractivity contribution in [3.63, 3.8) is 0 Å². The van der Waals surface area contributed by atoms with E-state index in [1.807, 2.05) is 13.8 Å². The largest absolute Gasteiger partial charge is 0.323 e. The maximum Gasteiger partial charge on any atom is 0.143 e. The van der Waals surface area contributed by atoms with Crippen molar-refractivity contribution >= 4 is 23.1 Å². The molecule has 7 heteroatoms. The van der Waals surface area contributed by atoms with Crippen molar-refractivity contribution in [3.05, 3.63) is 64.9 Å². The number of fused-ring (bicyclic) bond motifs is 1. The first-order valence-corrected chi connectivity index (χ1v) is 9.64. The van der Waals surface area contributed by atoms with Crippen molar-refractivity contribution in [2.45, 2.75) is 33.0 Å². The highest BCUT2D eigenvalue weighted by Gasteiger charge is 2.27. The summed E-state index contributed by atoms with van der Waals surface area (Å²) in [5.41, 5.74) is 2.27. The molecule has 1 aliphatic rings. The number of halogens is 3.